The molecule has 0 spiro atoms. The molecular formula is C17H27BrIN3O2S. The molecule has 1 N–H and O–H groups in total. The zero-order valence-electron chi connectivity index (χ0n) is 14.8. The van der Waals surface area contributed by atoms with Crippen LogP contribution in [0.3, 0.4) is 0 Å². The highest BCUT2D eigenvalue weighted by atomic mass is 127. The van der Waals surface area contributed by atoms with Crippen molar-refractivity contribution in [1.82, 2.24) is 10.2 Å². The molecule has 1 saturated heterocycles. The lowest BCUT2D eigenvalue weighted by Gasteiger charge is -2.33. The Morgan fingerprint density at radius 2 is 2.12 bits per heavy atom. The second kappa shape index (κ2) is 12.1. The molecule has 0 atom stereocenters. The number of rotatable bonds is 6. The predicted octanol–water partition coefficient (Wildman–Crippen LogP) is 3.91. The van der Waals surface area contributed by atoms with E-state index in [4.69, 9.17) is 9.73 Å². The molecule has 0 aromatic carbocycles. The van der Waals surface area contributed by atoms with E-state index in [1.165, 1.54) is 4.88 Å². The minimum atomic E-state index is -0.0534. The molecule has 1 aliphatic rings. The van der Waals surface area contributed by atoms with Crippen LogP contribution in [0.15, 0.2) is 20.9 Å². The van der Waals surface area contributed by atoms with Crippen molar-refractivity contribution in [3.63, 3.8) is 0 Å². The third-order valence-electron chi connectivity index (χ3n) is 4.00. The standard InChI is InChI=1S/C17H26BrN3O2S.HI/c1-3-19-17(20-10-7-14-5-6-15(18)24-14)21-11-8-13(9-12-21)16(22)23-4-2;/h5-6,13H,3-4,7-12H2,1-2H3,(H,19,20);1H. The van der Waals surface area contributed by atoms with Gasteiger partial charge in [0.25, 0.3) is 0 Å². The Kier molecular flexibility index (Phi) is 11.0. The molecule has 142 valence electrons. The Bertz CT molecular complexity index is 560. The number of piperidine rings is 1. The molecule has 0 amide bonds. The second-order valence-corrected chi connectivity index (χ2v) is 8.25. The number of aliphatic imine (C=N–C) groups is 1. The predicted molar refractivity (Wildman–Crippen MR) is 118 cm³/mol. The molecule has 0 bridgehead atoms. The average molecular weight is 544 g/mol. The van der Waals surface area contributed by atoms with E-state index in [0.717, 1.165) is 55.2 Å². The maximum absolute atomic E-state index is 11.8. The number of carbonyl (C=O) groups excluding carboxylic acids is 1. The number of guanidine groups is 1. The van der Waals surface area contributed by atoms with Crippen molar-refractivity contribution < 1.29 is 9.53 Å². The molecule has 2 heterocycles. The third-order valence-corrected chi connectivity index (χ3v) is 5.68. The van der Waals surface area contributed by atoms with E-state index in [0.29, 0.717) is 6.61 Å². The number of hydrogen-bond donors (Lipinski definition) is 1. The molecule has 2 rings (SSSR count). The summed E-state index contributed by atoms with van der Waals surface area (Å²) in [4.78, 5) is 20.2. The highest BCUT2D eigenvalue weighted by molar-refractivity contribution is 14.0. The van der Waals surface area contributed by atoms with Crippen molar-refractivity contribution in [3.8, 4) is 0 Å². The van der Waals surface area contributed by atoms with Crippen LogP contribution in [-0.4, -0.2) is 49.6 Å². The van der Waals surface area contributed by atoms with E-state index < -0.39 is 0 Å². The number of nitrogens with zero attached hydrogens (tertiary/aromatic N) is 2. The van der Waals surface area contributed by atoms with Crippen LogP contribution in [0.1, 0.15) is 31.6 Å². The van der Waals surface area contributed by atoms with Gasteiger partial charge in [0.15, 0.2) is 5.96 Å². The number of halogens is 2. The van der Waals surface area contributed by atoms with Crippen molar-refractivity contribution in [3.05, 3.63) is 20.8 Å². The largest absolute Gasteiger partial charge is 0.466 e. The van der Waals surface area contributed by atoms with Gasteiger partial charge in [-0.25, -0.2) is 0 Å². The van der Waals surface area contributed by atoms with Crippen LogP contribution in [0, 0.1) is 5.92 Å². The molecule has 25 heavy (non-hydrogen) atoms. The Hall–Kier alpha value is -0.350. The van der Waals surface area contributed by atoms with Gasteiger partial charge in [0, 0.05) is 37.5 Å². The number of thiophene rings is 1. The summed E-state index contributed by atoms with van der Waals surface area (Å²) in [6, 6.07) is 4.22. The van der Waals surface area contributed by atoms with Gasteiger partial charge in [0.1, 0.15) is 0 Å². The monoisotopic (exact) mass is 543 g/mol. The van der Waals surface area contributed by atoms with E-state index in [-0.39, 0.29) is 35.9 Å². The van der Waals surface area contributed by atoms with Gasteiger partial charge in [0.05, 0.1) is 16.3 Å². The zero-order valence-corrected chi connectivity index (χ0v) is 19.5. The highest BCUT2D eigenvalue weighted by Gasteiger charge is 2.27. The summed E-state index contributed by atoms with van der Waals surface area (Å²) in [5, 5.41) is 3.37. The summed E-state index contributed by atoms with van der Waals surface area (Å²) in [5.41, 5.74) is 0. The number of esters is 1. The smallest absolute Gasteiger partial charge is 0.309 e. The molecule has 1 aromatic rings. The summed E-state index contributed by atoms with van der Waals surface area (Å²) in [7, 11) is 0. The van der Waals surface area contributed by atoms with Crippen molar-refractivity contribution in [2.24, 2.45) is 10.9 Å². The quantitative estimate of drug-likeness (QED) is 0.256. The average Bonchev–Trinajstić information content (AvgIpc) is 3.00. The summed E-state index contributed by atoms with van der Waals surface area (Å²) in [5.74, 6) is 0.935. The van der Waals surface area contributed by atoms with Gasteiger partial charge in [0.2, 0.25) is 0 Å². The molecule has 1 aromatic heterocycles. The Morgan fingerprint density at radius 3 is 2.68 bits per heavy atom. The number of likely N-dealkylation sites (tertiary alicyclic amines) is 1. The molecule has 0 unspecified atom stereocenters. The van der Waals surface area contributed by atoms with Crippen LogP contribution < -0.4 is 5.32 Å². The van der Waals surface area contributed by atoms with Crippen molar-refractivity contribution in [1.29, 1.82) is 0 Å². The Balaban J connectivity index is 0.00000312. The topological polar surface area (TPSA) is 53.9 Å². The first kappa shape index (κ1) is 22.7. The van der Waals surface area contributed by atoms with Crippen molar-refractivity contribution in [2.45, 2.75) is 33.1 Å². The maximum Gasteiger partial charge on any atom is 0.309 e. The fourth-order valence-electron chi connectivity index (χ4n) is 2.77. The van der Waals surface area contributed by atoms with E-state index in [1.54, 1.807) is 11.3 Å². The van der Waals surface area contributed by atoms with Gasteiger partial charge in [-0.3, -0.25) is 9.79 Å². The van der Waals surface area contributed by atoms with Crippen molar-refractivity contribution >= 4 is 63.2 Å². The van der Waals surface area contributed by atoms with E-state index in [9.17, 15) is 4.79 Å². The molecule has 1 aliphatic heterocycles. The number of nitrogens with one attached hydrogen (secondary N) is 1. The zero-order chi connectivity index (χ0) is 17.4. The SMILES string of the molecule is CCNC(=NCCc1ccc(Br)s1)N1CCC(C(=O)OCC)CC1.I. The molecule has 1 fully saturated rings. The van der Waals surface area contributed by atoms with Crippen LogP contribution in [0.4, 0.5) is 0 Å². The van der Waals surface area contributed by atoms with Crippen LogP contribution >= 0.6 is 51.2 Å². The lowest BCUT2D eigenvalue weighted by Crippen LogP contribution is -2.46. The van der Waals surface area contributed by atoms with Crippen LogP contribution in [0.2, 0.25) is 0 Å². The fraction of sp³-hybridized carbons (Fsp3) is 0.647. The maximum atomic E-state index is 11.8. The van der Waals surface area contributed by atoms with Crippen LogP contribution in [0.25, 0.3) is 0 Å². The van der Waals surface area contributed by atoms with Crippen LogP contribution in [0.5, 0.6) is 0 Å². The highest BCUT2D eigenvalue weighted by Crippen LogP contribution is 2.22. The molecule has 5 nitrogen and oxygen atoms in total. The minimum Gasteiger partial charge on any atom is -0.466 e. The lowest BCUT2D eigenvalue weighted by molar-refractivity contribution is -0.149. The van der Waals surface area contributed by atoms with Crippen LogP contribution in [-0.2, 0) is 16.0 Å². The van der Waals surface area contributed by atoms with Gasteiger partial charge < -0.3 is 15.0 Å². The van der Waals surface area contributed by atoms with Gasteiger partial charge in [-0.15, -0.1) is 35.3 Å². The third kappa shape index (κ3) is 7.42. The fourth-order valence-corrected chi connectivity index (χ4v) is 4.24. The number of hydrogen-bond acceptors (Lipinski definition) is 4. The molecule has 0 radical (unpaired) electrons. The summed E-state index contributed by atoms with van der Waals surface area (Å²) >= 11 is 5.25. The van der Waals surface area contributed by atoms with E-state index >= 15 is 0 Å². The van der Waals surface area contributed by atoms with Gasteiger partial charge in [-0.1, -0.05) is 0 Å². The lowest BCUT2D eigenvalue weighted by atomic mass is 9.97. The van der Waals surface area contributed by atoms with Gasteiger partial charge in [-0.2, -0.15) is 0 Å². The van der Waals surface area contributed by atoms with Gasteiger partial charge >= 0.3 is 5.97 Å². The van der Waals surface area contributed by atoms with E-state index in [1.807, 2.05) is 6.92 Å². The molecule has 0 saturated carbocycles. The second-order valence-electron chi connectivity index (χ2n) is 5.70. The molecule has 0 aliphatic carbocycles. The minimum absolute atomic E-state index is 0. The van der Waals surface area contributed by atoms with Crippen molar-refractivity contribution in [2.75, 3.05) is 32.8 Å². The van der Waals surface area contributed by atoms with E-state index in [2.05, 4.69) is 45.2 Å². The first-order valence-electron chi connectivity index (χ1n) is 8.58. The molecule has 8 heteroatoms. The number of ether oxygens (including phenoxy) is 1. The first-order valence-corrected chi connectivity index (χ1v) is 10.2. The summed E-state index contributed by atoms with van der Waals surface area (Å²) in [6.07, 6.45) is 2.62. The number of carbonyl (C=O) groups is 1. The summed E-state index contributed by atoms with van der Waals surface area (Å²) in [6.45, 7) is 7.71. The van der Waals surface area contributed by atoms with Gasteiger partial charge in [-0.05, 0) is 54.8 Å². The Labute approximate surface area is 179 Å². The summed E-state index contributed by atoms with van der Waals surface area (Å²) < 4.78 is 6.30. The first-order chi connectivity index (χ1) is 11.6. The Morgan fingerprint density at radius 1 is 1.40 bits per heavy atom. The normalized spacial score (nSPS) is 15.6. The molecular weight excluding hydrogens is 517 g/mol.